The number of hydrogen-bond donors (Lipinski definition) is 0. The van der Waals surface area contributed by atoms with Gasteiger partial charge in [0.15, 0.2) is 5.56 Å². The number of alkyl halides is 2. The van der Waals surface area contributed by atoms with Crippen molar-refractivity contribution in [1.29, 1.82) is 0 Å². The number of rotatable bonds is 5. The van der Waals surface area contributed by atoms with E-state index in [1.54, 1.807) is 13.8 Å². The van der Waals surface area contributed by atoms with E-state index in [4.69, 9.17) is 16.3 Å². The molecule has 0 aromatic rings. The third-order valence-electron chi connectivity index (χ3n) is 1.59. The van der Waals surface area contributed by atoms with Crippen LogP contribution in [0.2, 0.25) is 19.1 Å². The molecule has 0 fully saturated rings. The van der Waals surface area contributed by atoms with Crippen molar-refractivity contribution >= 4 is 42.3 Å². The maximum atomic E-state index is 11.4. The van der Waals surface area contributed by atoms with Crippen LogP contribution >= 0.6 is 27.5 Å². The minimum absolute atomic E-state index is 0.287. The molecular formula is C9H17BrClO2Si. The molecule has 1 atom stereocenters. The molecule has 1 unspecified atom stereocenters. The van der Waals surface area contributed by atoms with Gasteiger partial charge in [0.2, 0.25) is 0 Å². The Bertz CT molecular complexity index is 192. The number of carbonyl (C=O) groups is 1. The summed E-state index contributed by atoms with van der Waals surface area (Å²) in [6, 6.07) is 1.06. The van der Waals surface area contributed by atoms with Crippen molar-refractivity contribution in [3.05, 3.63) is 0 Å². The molecule has 0 saturated heterocycles. The third kappa shape index (κ3) is 6.84. The Labute approximate surface area is 101 Å². The van der Waals surface area contributed by atoms with E-state index >= 15 is 0 Å². The van der Waals surface area contributed by atoms with Crippen molar-refractivity contribution in [3.8, 4) is 0 Å². The second kappa shape index (κ2) is 6.13. The Morgan fingerprint density at radius 3 is 2.43 bits per heavy atom. The fourth-order valence-corrected chi connectivity index (χ4v) is 2.02. The summed E-state index contributed by atoms with van der Waals surface area (Å²) in [5.41, 5.74) is -0.487. The first kappa shape index (κ1) is 14.5. The van der Waals surface area contributed by atoms with E-state index in [1.807, 2.05) is 0 Å². The summed E-state index contributed by atoms with van der Waals surface area (Å²) in [6.45, 7) is 7.91. The Morgan fingerprint density at radius 2 is 2.07 bits per heavy atom. The Morgan fingerprint density at radius 1 is 1.57 bits per heavy atom. The van der Waals surface area contributed by atoms with Crippen molar-refractivity contribution < 1.29 is 9.53 Å². The van der Waals surface area contributed by atoms with Crippen LogP contribution in [0.25, 0.3) is 0 Å². The van der Waals surface area contributed by atoms with E-state index in [1.165, 1.54) is 0 Å². The SMILES string of the molecule is C[Si](C)CCC(Cl)OC(=O)C(C)(C)Br. The van der Waals surface area contributed by atoms with Gasteiger partial charge in [-0.25, -0.2) is 0 Å². The monoisotopic (exact) mass is 299 g/mol. The van der Waals surface area contributed by atoms with Crippen molar-refractivity contribution in [2.45, 2.75) is 49.3 Å². The highest BCUT2D eigenvalue weighted by molar-refractivity contribution is 9.10. The van der Waals surface area contributed by atoms with E-state index in [9.17, 15) is 4.79 Å². The van der Waals surface area contributed by atoms with Gasteiger partial charge in [-0.15, -0.1) is 0 Å². The minimum Gasteiger partial charge on any atom is -0.445 e. The molecule has 0 aromatic heterocycles. The molecule has 0 aliphatic carbocycles. The lowest BCUT2D eigenvalue weighted by Gasteiger charge is -2.18. The van der Waals surface area contributed by atoms with Gasteiger partial charge in [0, 0.05) is 8.80 Å². The molecule has 0 bridgehead atoms. The van der Waals surface area contributed by atoms with Gasteiger partial charge in [0.1, 0.15) is 4.32 Å². The van der Waals surface area contributed by atoms with E-state index in [2.05, 4.69) is 29.0 Å². The predicted octanol–water partition coefficient (Wildman–Crippen LogP) is 3.41. The first-order valence-corrected chi connectivity index (χ1v) is 8.50. The van der Waals surface area contributed by atoms with Crippen LogP contribution in [0.1, 0.15) is 20.3 Å². The van der Waals surface area contributed by atoms with Crippen molar-refractivity contribution in [2.75, 3.05) is 0 Å². The highest BCUT2D eigenvalue weighted by Gasteiger charge is 2.27. The van der Waals surface area contributed by atoms with Crippen molar-refractivity contribution in [3.63, 3.8) is 0 Å². The van der Waals surface area contributed by atoms with Gasteiger partial charge in [-0.05, 0) is 20.3 Å². The van der Waals surface area contributed by atoms with E-state index < -0.39 is 9.89 Å². The molecule has 83 valence electrons. The van der Waals surface area contributed by atoms with Crippen LogP contribution in [0.4, 0.5) is 0 Å². The molecule has 0 N–H and O–H groups in total. The van der Waals surface area contributed by atoms with Gasteiger partial charge in [-0.2, -0.15) is 0 Å². The second-order valence-electron chi connectivity index (χ2n) is 4.03. The summed E-state index contributed by atoms with van der Waals surface area (Å²) in [5.74, 6) is -0.307. The average molecular weight is 301 g/mol. The second-order valence-corrected chi connectivity index (χ2v) is 9.42. The number of esters is 1. The lowest BCUT2D eigenvalue weighted by Crippen LogP contribution is -2.29. The van der Waals surface area contributed by atoms with E-state index in [-0.39, 0.29) is 14.8 Å². The Balaban J connectivity index is 3.83. The van der Waals surface area contributed by atoms with Crippen LogP contribution in [0.3, 0.4) is 0 Å². The zero-order valence-electron chi connectivity index (χ0n) is 9.06. The van der Waals surface area contributed by atoms with Crippen LogP contribution in [0.15, 0.2) is 0 Å². The van der Waals surface area contributed by atoms with Crippen LogP contribution < -0.4 is 0 Å². The average Bonchev–Trinajstić information content (AvgIpc) is 1.99. The van der Waals surface area contributed by atoms with E-state index in [0.29, 0.717) is 0 Å². The Kier molecular flexibility index (Phi) is 6.33. The molecule has 0 amide bonds. The standard InChI is InChI=1S/C9H17BrClO2Si/c1-9(2,10)8(12)13-7(11)5-6-14(3)4/h7H,5-6H2,1-4H3. The molecule has 2 nitrogen and oxygen atoms in total. The van der Waals surface area contributed by atoms with Gasteiger partial charge in [-0.3, -0.25) is 4.79 Å². The fourth-order valence-electron chi connectivity index (χ4n) is 0.717. The third-order valence-corrected chi connectivity index (χ3v) is 3.51. The van der Waals surface area contributed by atoms with Gasteiger partial charge in [-0.1, -0.05) is 46.7 Å². The smallest absolute Gasteiger partial charge is 0.323 e. The predicted molar refractivity (Wildman–Crippen MR) is 65.6 cm³/mol. The van der Waals surface area contributed by atoms with Crippen molar-refractivity contribution in [2.24, 2.45) is 0 Å². The zero-order chi connectivity index (χ0) is 11.4. The molecule has 14 heavy (non-hydrogen) atoms. The summed E-state index contributed by atoms with van der Waals surface area (Å²) >= 11 is 9.10. The molecule has 0 aliphatic rings. The van der Waals surface area contributed by atoms with Gasteiger partial charge < -0.3 is 4.74 Å². The number of halogens is 2. The summed E-state index contributed by atoms with van der Waals surface area (Å²) in [4.78, 5) is 11.4. The molecule has 0 heterocycles. The molecular weight excluding hydrogens is 284 g/mol. The normalized spacial score (nSPS) is 14.2. The number of ether oxygens (including phenoxy) is 1. The van der Waals surface area contributed by atoms with Crippen molar-refractivity contribution in [1.82, 2.24) is 0 Å². The van der Waals surface area contributed by atoms with Crippen LogP contribution in [0, 0.1) is 0 Å². The maximum Gasteiger partial charge on any atom is 0.323 e. The van der Waals surface area contributed by atoms with Gasteiger partial charge in [0.05, 0.1) is 0 Å². The lowest BCUT2D eigenvalue weighted by molar-refractivity contribution is -0.147. The van der Waals surface area contributed by atoms with Gasteiger partial charge >= 0.3 is 5.97 Å². The summed E-state index contributed by atoms with van der Waals surface area (Å²) in [7, 11) is -0.287. The lowest BCUT2D eigenvalue weighted by atomic mass is 10.2. The maximum absolute atomic E-state index is 11.4. The topological polar surface area (TPSA) is 26.3 Å². The first-order valence-electron chi connectivity index (χ1n) is 4.56. The molecule has 5 heteroatoms. The fraction of sp³-hybridized carbons (Fsp3) is 0.889. The first-order chi connectivity index (χ1) is 6.23. The number of hydrogen-bond acceptors (Lipinski definition) is 2. The summed E-state index contributed by atoms with van der Waals surface area (Å²) < 4.78 is 4.41. The highest BCUT2D eigenvalue weighted by Crippen LogP contribution is 2.20. The summed E-state index contributed by atoms with van der Waals surface area (Å²) in [6.07, 6.45) is 0.748. The van der Waals surface area contributed by atoms with E-state index in [0.717, 1.165) is 12.5 Å². The van der Waals surface area contributed by atoms with Crippen LogP contribution in [-0.4, -0.2) is 24.7 Å². The zero-order valence-corrected chi connectivity index (χ0v) is 12.4. The minimum atomic E-state index is -0.646. The largest absolute Gasteiger partial charge is 0.445 e. The molecule has 0 rings (SSSR count). The molecule has 0 aliphatic heterocycles. The summed E-state index contributed by atoms with van der Waals surface area (Å²) in [5, 5.41) is 0. The molecule has 0 spiro atoms. The number of carbonyl (C=O) groups excluding carboxylic acids is 1. The highest BCUT2D eigenvalue weighted by atomic mass is 79.9. The molecule has 0 saturated carbocycles. The molecule has 0 aromatic carbocycles. The van der Waals surface area contributed by atoms with Gasteiger partial charge in [0.25, 0.3) is 0 Å². The Hall–Kier alpha value is 0.457. The molecule has 1 radical (unpaired) electrons. The van der Waals surface area contributed by atoms with Crippen LogP contribution in [-0.2, 0) is 9.53 Å². The quantitative estimate of drug-likeness (QED) is 0.442. The van der Waals surface area contributed by atoms with Crippen LogP contribution in [0.5, 0.6) is 0 Å².